The van der Waals surface area contributed by atoms with Crippen LogP contribution in [0.25, 0.3) is 114 Å². The molecule has 1 heterocycles. The molecule has 23 heteroatoms. The predicted octanol–water partition coefficient (Wildman–Crippen LogP) is 22.7. The summed E-state index contributed by atoms with van der Waals surface area (Å²) < 4.78 is 30.8. The summed E-state index contributed by atoms with van der Waals surface area (Å²) in [5.74, 6) is -1.75. The Labute approximate surface area is 805 Å². The molecule has 3 unspecified atom stereocenters. The number of fused-ring (bicyclic) bond motifs is 12. The number of hydrogen-bond donors (Lipinski definition) is 5. The summed E-state index contributed by atoms with van der Waals surface area (Å²) in [6.07, 6.45) is 14.3. The van der Waals surface area contributed by atoms with Crippen LogP contribution in [0.15, 0.2) is 252 Å². The number of aliphatic hydroxyl groups is 4. The Balaban J connectivity index is 0.000000124. The van der Waals surface area contributed by atoms with E-state index in [4.69, 9.17) is 23.7 Å². The first-order valence-corrected chi connectivity index (χ1v) is 45.8. The third-order valence-corrected chi connectivity index (χ3v) is 26.6. The third kappa shape index (κ3) is 20.5. The molecule has 1 aromatic heterocycles. The number of ether oxygens (including phenoxy) is 5. The number of H-pyrrole nitrogens is 1. The highest BCUT2D eigenvalue weighted by Gasteiger charge is 2.30. The smallest absolute Gasteiger partial charge is 0.338 e. The summed E-state index contributed by atoms with van der Waals surface area (Å²) in [6, 6.07) is 76.9. The summed E-state index contributed by atoms with van der Waals surface area (Å²) in [4.78, 5) is 82.6. The number of hydrogen-bond acceptors (Lipinski definition) is 17. The number of halogens is 5. The molecular weight excluding hydrogens is 2180 g/mol. The molecule has 128 heavy (non-hydrogen) atoms. The van der Waals surface area contributed by atoms with Gasteiger partial charge in [-0.25, -0.2) is 4.79 Å². The van der Waals surface area contributed by atoms with Gasteiger partial charge in [0.15, 0.2) is 17.0 Å². The van der Waals surface area contributed by atoms with Crippen LogP contribution in [-0.2, 0) is 75.9 Å². The fraction of sp³-hybridized carbons (Fsp3) is 0.124. The van der Waals surface area contributed by atoms with E-state index in [2.05, 4.69) is 147 Å². The number of rotatable bonds is 10. The van der Waals surface area contributed by atoms with Gasteiger partial charge in [-0.1, -0.05) is 249 Å². The van der Waals surface area contributed by atoms with Gasteiger partial charge >= 0.3 is 29.8 Å². The molecular formula is C105H81I5N2O16. The minimum atomic E-state index is -0.689. The number of esters is 5. The highest BCUT2D eigenvalue weighted by atomic mass is 127. The number of aromatic nitrogens is 2. The van der Waals surface area contributed by atoms with Gasteiger partial charge in [-0.2, -0.15) is 5.10 Å². The molecule has 15 aromatic rings. The maximum Gasteiger partial charge on any atom is 0.338 e. The average Bonchev–Trinajstić information content (AvgIpc) is 1.60. The SMILES string of the molecule is CC(=O)OCc1cccc2c(=O)c3c(I)cccc3ccc12.CC(=O)OCc1cccc2c1C=Cc1cccc(I)c1C2O.CC(=O)OCc1cccc2c1C=Cc1cccc(I)c1C2OC(C)=O.COC(=O)c1cccc2c(=O)c3c(I)cccc3ccc12.OCc1cccc2c1C=Cc1cccc(I)c1C2O.OCc1cccc2c1C=Cc1cccc3[nH]nc-2c13. The molecule has 5 N–H and O–H groups in total. The molecule has 4 aliphatic carbocycles. The van der Waals surface area contributed by atoms with Crippen molar-refractivity contribution >= 4 is 245 Å². The molecule has 19 rings (SSSR count). The number of methoxy groups -OCH3 is 1. The van der Waals surface area contributed by atoms with Gasteiger partial charge in [0.05, 0.1) is 31.4 Å². The van der Waals surface area contributed by atoms with Crippen LogP contribution in [0, 0.1) is 17.9 Å². The zero-order valence-corrected chi connectivity index (χ0v) is 80.3. The van der Waals surface area contributed by atoms with Crippen molar-refractivity contribution in [2.24, 2.45) is 0 Å². The molecule has 0 aliphatic heterocycles. The quantitative estimate of drug-likeness (QED) is 0.0483. The van der Waals surface area contributed by atoms with Crippen LogP contribution in [0.1, 0.15) is 162 Å². The average molecular weight is 2260 g/mol. The number of nitrogens with one attached hydrogen (secondary N) is 1. The van der Waals surface area contributed by atoms with Gasteiger partial charge in [-0.15, -0.1) is 0 Å². The largest absolute Gasteiger partial charge is 0.465 e. The van der Waals surface area contributed by atoms with Crippen molar-refractivity contribution in [2.45, 2.75) is 79.0 Å². The summed E-state index contributed by atoms with van der Waals surface area (Å²) in [6.45, 7) is 6.15. The van der Waals surface area contributed by atoms with Gasteiger partial charge in [0.2, 0.25) is 0 Å². The number of carbonyl (C=O) groups excluding carboxylic acids is 5. The molecule has 14 aromatic carbocycles. The van der Waals surface area contributed by atoms with Gasteiger partial charge in [0.1, 0.15) is 37.7 Å². The van der Waals surface area contributed by atoms with Crippen LogP contribution < -0.4 is 10.9 Å². The van der Waals surface area contributed by atoms with E-state index in [0.29, 0.717) is 27.1 Å². The van der Waals surface area contributed by atoms with Crippen molar-refractivity contribution in [3.8, 4) is 11.3 Å². The van der Waals surface area contributed by atoms with E-state index in [1.807, 2.05) is 243 Å². The molecule has 0 radical (unpaired) electrons. The number of aromatic amines is 1. The molecule has 0 fully saturated rings. The van der Waals surface area contributed by atoms with Crippen LogP contribution >= 0.6 is 113 Å². The molecule has 4 aliphatic rings. The number of nitrogens with zero attached hydrogens (tertiary/aromatic N) is 1. The Morgan fingerprint density at radius 3 is 1.28 bits per heavy atom. The van der Waals surface area contributed by atoms with E-state index in [-0.39, 0.29) is 67.8 Å². The van der Waals surface area contributed by atoms with Gasteiger partial charge in [0.25, 0.3) is 0 Å². The molecule has 0 saturated heterocycles. The molecule has 0 amide bonds. The van der Waals surface area contributed by atoms with E-state index in [1.54, 1.807) is 24.3 Å². The summed E-state index contributed by atoms with van der Waals surface area (Å²) in [7, 11) is 1.33. The zero-order valence-electron chi connectivity index (χ0n) is 69.5. The van der Waals surface area contributed by atoms with Crippen LogP contribution in [0.4, 0.5) is 0 Å². The minimum absolute atomic E-state index is 0.00433. The minimum Gasteiger partial charge on any atom is -0.465 e. The van der Waals surface area contributed by atoms with E-state index in [0.717, 1.165) is 167 Å². The van der Waals surface area contributed by atoms with Crippen molar-refractivity contribution < 1.29 is 68.1 Å². The van der Waals surface area contributed by atoms with Crippen molar-refractivity contribution in [1.29, 1.82) is 0 Å². The van der Waals surface area contributed by atoms with E-state index in [9.17, 15) is 54.0 Å². The van der Waals surface area contributed by atoms with Crippen molar-refractivity contribution in [1.82, 2.24) is 10.2 Å². The predicted molar refractivity (Wildman–Crippen MR) is 546 cm³/mol. The molecule has 0 spiro atoms. The van der Waals surface area contributed by atoms with Gasteiger partial charge in [-0.05, 0) is 255 Å². The fourth-order valence-electron chi connectivity index (χ4n) is 15.9. The Morgan fingerprint density at radius 2 is 0.758 bits per heavy atom. The maximum atomic E-state index is 12.9. The fourth-order valence-corrected chi connectivity index (χ4v) is 19.9. The van der Waals surface area contributed by atoms with Crippen LogP contribution in [0.2, 0.25) is 0 Å². The maximum absolute atomic E-state index is 12.9. The van der Waals surface area contributed by atoms with E-state index < -0.39 is 24.3 Å². The zero-order chi connectivity index (χ0) is 90.6. The third-order valence-electron chi connectivity index (χ3n) is 21.9. The standard InChI is InChI=1S/C20H17IO4.C18H15IO3.C18H13IO3.C17H11IO3.C16H13IO2.C16H12N2O/c1-12(22)24-11-15-6-3-7-17-16(15)10-9-14-5-4-8-18(21)19(14)20(17)25-13(2)23;2*1-11(20)22-10-13-5-2-6-15-14(13)9-8-12-4-3-7-16(19)17(12)18(15)21;1-21-17(20)13-6-3-5-12-11(13)9-8-10-4-2-7-14(18)15(10)16(12)19;17-14-6-2-3-10-7-8-12-11(9-18)4-1-5-13(12)16(19)15(10)14;19-9-11-4-1-5-13-12(11)8-7-10-3-2-6-14-15(10)16(13)18-17-14/h3-10,20H,11H2,1-2H3;2-9,18,21H,10H2,1H3;2-9H,10H2,1H3;2-9H,1H3;1-8,16,18-19H,9H2;1-8,19H,9H2,(H,17,18). The first-order chi connectivity index (χ1) is 61.9. The number of carbonyl (C=O) groups is 5. The molecule has 18 nitrogen and oxygen atoms in total. The first-order valence-electron chi connectivity index (χ1n) is 40.4. The topological polar surface area (TPSA) is 275 Å². The molecule has 642 valence electrons. The number of aliphatic hydroxyl groups excluding tert-OH is 4. The Morgan fingerprint density at radius 1 is 0.367 bits per heavy atom. The van der Waals surface area contributed by atoms with Crippen molar-refractivity contribution in [3.05, 3.63) is 392 Å². The lowest BCUT2D eigenvalue weighted by molar-refractivity contribution is -0.145. The summed E-state index contributed by atoms with van der Waals surface area (Å²) in [5.41, 5.74) is 21.2. The van der Waals surface area contributed by atoms with Crippen LogP contribution in [-0.4, -0.2) is 67.6 Å². The van der Waals surface area contributed by atoms with E-state index >= 15 is 0 Å². The first kappa shape index (κ1) is 92.9. The Bertz CT molecular complexity index is 7180. The van der Waals surface area contributed by atoms with Crippen LogP contribution in [0.3, 0.4) is 0 Å². The lowest BCUT2D eigenvalue weighted by Crippen LogP contribution is -2.14. The highest BCUT2D eigenvalue weighted by molar-refractivity contribution is 14.1. The van der Waals surface area contributed by atoms with E-state index in [1.165, 1.54) is 34.8 Å². The second kappa shape index (κ2) is 42.3. The monoisotopic (exact) mass is 2260 g/mol. The normalized spacial score (nSPS) is 13.6. The summed E-state index contributed by atoms with van der Waals surface area (Å²) in [5, 5.41) is 54.9. The number of benzene rings is 12. The van der Waals surface area contributed by atoms with Gasteiger partial charge in [0, 0.05) is 106 Å². The van der Waals surface area contributed by atoms with Crippen molar-refractivity contribution in [3.63, 3.8) is 0 Å². The Hall–Kier alpha value is -11.3. The van der Waals surface area contributed by atoms with Crippen molar-refractivity contribution in [2.75, 3.05) is 7.11 Å². The van der Waals surface area contributed by atoms with Gasteiger partial charge in [-0.3, -0.25) is 33.9 Å². The lowest BCUT2D eigenvalue weighted by atomic mass is 9.94. The second-order valence-electron chi connectivity index (χ2n) is 29.9. The van der Waals surface area contributed by atoms with Gasteiger partial charge < -0.3 is 44.1 Å². The molecule has 3 atom stereocenters. The molecule has 0 saturated carbocycles. The summed E-state index contributed by atoms with van der Waals surface area (Å²) >= 11 is 11.1. The lowest BCUT2D eigenvalue weighted by Gasteiger charge is -2.22. The van der Waals surface area contributed by atoms with Crippen LogP contribution in [0.5, 0.6) is 0 Å². The second-order valence-corrected chi connectivity index (χ2v) is 35.7. The highest BCUT2D eigenvalue weighted by Crippen LogP contribution is 2.43. The Kier molecular flexibility index (Phi) is 30.7. The molecule has 0 bridgehead atoms.